The highest BCUT2D eigenvalue weighted by Gasteiger charge is 2.28. The standard InChI is InChI=1S/C12H22N4O2/c1-18-7-11-5-10(15-16-11)6-14-9-12(17)3-2-4-13-8-12/h5,13-14,17H,2-4,6-9H2,1H3,(H,15,16). The van der Waals surface area contributed by atoms with Crippen molar-refractivity contribution in [3.63, 3.8) is 0 Å². The van der Waals surface area contributed by atoms with Gasteiger partial charge in [-0.2, -0.15) is 5.10 Å². The second-order valence-corrected chi connectivity index (χ2v) is 4.93. The van der Waals surface area contributed by atoms with Crippen molar-refractivity contribution in [3.05, 3.63) is 17.5 Å². The number of aliphatic hydroxyl groups is 1. The fourth-order valence-electron chi connectivity index (χ4n) is 2.26. The minimum atomic E-state index is -0.621. The molecule has 1 aliphatic heterocycles. The van der Waals surface area contributed by atoms with E-state index in [9.17, 15) is 5.11 Å². The molecule has 1 atom stereocenters. The molecule has 18 heavy (non-hydrogen) atoms. The van der Waals surface area contributed by atoms with E-state index in [1.807, 2.05) is 6.07 Å². The number of nitrogens with zero attached hydrogens (tertiary/aromatic N) is 1. The predicted octanol–water partition coefficient (Wildman–Crippen LogP) is -0.240. The minimum absolute atomic E-state index is 0.543. The van der Waals surface area contributed by atoms with Crippen molar-refractivity contribution in [2.24, 2.45) is 0 Å². The van der Waals surface area contributed by atoms with Crippen LogP contribution in [0, 0.1) is 0 Å². The molecular formula is C12H22N4O2. The predicted molar refractivity (Wildman–Crippen MR) is 68.1 cm³/mol. The van der Waals surface area contributed by atoms with Gasteiger partial charge in [-0.25, -0.2) is 0 Å². The summed E-state index contributed by atoms with van der Waals surface area (Å²) in [6.07, 6.45) is 1.88. The number of hydrogen-bond acceptors (Lipinski definition) is 5. The van der Waals surface area contributed by atoms with E-state index in [-0.39, 0.29) is 0 Å². The van der Waals surface area contributed by atoms with E-state index < -0.39 is 5.60 Å². The molecule has 1 aromatic heterocycles. The van der Waals surface area contributed by atoms with Gasteiger partial charge in [0.25, 0.3) is 0 Å². The third-order valence-electron chi connectivity index (χ3n) is 3.19. The third kappa shape index (κ3) is 3.78. The summed E-state index contributed by atoms with van der Waals surface area (Å²) in [5.41, 5.74) is 1.28. The van der Waals surface area contributed by atoms with Crippen LogP contribution in [0.5, 0.6) is 0 Å². The summed E-state index contributed by atoms with van der Waals surface area (Å²) in [4.78, 5) is 0. The monoisotopic (exact) mass is 254 g/mol. The van der Waals surface area contributed by atoms with Crippen molar-refractivity contribution < 1.29 is 9.84 Å². The number of methoxy groups -OCH3 is 1. The molecule has 2 rings (SSSR count). The summed E-state index contributed by atoms with van der Waals surface area (Å²) >= 11 is 0. The van der Waals surface area contributed by atoms with Gasteiger partial charge in [0.05, 0.1) is 23.6 Å². The van der Waals surface area contributed by atoms with Crippen LogP contribution in [0.15, 0.2) is 6.07 Å². The number of rotatable bonds is 6. The summed E-state index contributed by atoms with van der Waals surface area (Å²) in [5.74, 6) is 0. The van der Waals surface area contributed by atoms with Crippen molar-refractivity contribution in [1.29, 1.82) is 0 Å². The molecular weight excluding hydrogens is 232 g/mol. The number of aromatic amines is 1. The van der Waals surface area contributed by atoms with E-state index in [1.165, 1.54) is 0 Å². The van der Waals surface area contributed by atoms with Gasteiger partial charge in [0.15, 0.2) is 0 Å². The van der Waals surface area contributed by atoms with Crippen LogP contribution < -0.4 is 10.6 Å². The Morgan fingerprint density at radius 2 is 2.50 bits per heavy atom. The van der Waals surface area contributed by atoms with Gasteiger partial charge in [0.1, 0.15) is 0 Å². The lowest BCUT2D eigenvalue weighted by Crippen LogP contribution is -2.51. The van der Waals surface area contributed by atoms with Crippen LogP contribution in [0.1, 0.15) is 24.2 Å². The zero-order chi connectivity index (χ0) is 12.8. The molecule has 1 aliphatic rings. The van der Waals surface area contributed by atoms with Crippen molar-refractivity contribution in [2.75, 3.05) is 26.7 Å². The molecule has 2 heterocycles. The smallest absolute Gasteiger partial charge is 0.0895 e. The number of aromatic nitrogens is 2. The maximum Gasteiger partial charge on any atom is 0.0895 e. The fourth-order valence-corrected chi connectivity index (χ4v) is 2.26. The number of ether oxygens (including phenoxy) is 1. The SMILES string of the molecule is COCc1cc(CNCC2(O)CCCNC2)n[nH]1. The van der Waals surface area contributed by atoms with Crippen molar-refractivity contribution in [3.8, 4) is 0 Å². The highest BCUT2D eigenvalue weighted by Crippen LogP contribution is 2.14. The molecule has 0 radical (unpaired) electrons. The summed E-state index contributed by atoms with van der Waals surface area (Å²) in [6, 6.07) is 1.97. The lowest BCUT2D eigenvalue weighted by atomic mass is 9.94. The summed E-state index contributed by atoms with van der Waals surface area (Å²) in [7, 11) is 1.66. The van der Waals surface area contributed by atoms with Gasteiger partial charge in [0.2, 0.25) is 0 Å². The summed E-state index contributed by atoms with van der Waals surface area (Å²) in [6.45, 7) is 3.45. The second-order valence-electron chi connectivity index (χ2n) is 4.93. The molecule has 4 N–H and O–H groups in total. The Morgan fingerprint density at radius 1 is 1.61 bits per heavy atom. The van der Waals surface area contributed by atoms with Gasteiger partial charge in [0, 0.05) is 26.7 Å². The van der Waals surface area contributed by atoms with Crippen LogP contribution in [-0.4, -0.2) is 47.6 Å². The van der Waals surface area contributed by atoms with Crippen molar-refractivity contribution in [2.45, 2.75) is 31.6 Å². The molecule has 0 amide bonds. The Hall–Kier alpha value is -0.950. The van der Waals surface area contributed by atoms with Crippen LogP contribution in [0.4, 0.5) is 0 Å². The van der Waals surface area contributed by atoms with Gasteiger partial charge < -0.3 is 20.5 Å². The van der Waals surface area contributed by atoms with E-state index in [1.54, 1.807) is 7.11 Å². The summed E-state index contributed by atoms with van der Waals surface area (Å²) in [5, 5.41) is 23.8. The Balaban J connectivity index is 1.73. The Kier molecular flexibility index (Phi) is 4.71. The van der Waals surface area contributed by atoms with E-state index in [0.717, 1.165) is 30.8 Å². The molecule has 1 fully saturated rings. The number of β-amino-alcohol motifs (C(OH)–C–C–N with tert-alkyl or cyclic N) is 1. The quantitative estimate of drug-likeness (QED) is 0.563. The van der Waals surface area contributed by atoms with E-state index in [0.29, 0.717) is 26.2 Å². The lowest BCUT2D eigenvalue weighted by Gasteiger charge is -2.32. The van der Waals surface area contributed by atoms with Gasteiger partial charge >= 0.3 is 0 Å². The molecule has 6 nitrogen and oxygen atoms in total. The molecule has 1 aromatic rings. The molecule has 1 unspecified atom stereocenters. The van der Waals surface area contributed by atoms with Gasteiger partial charge in [-0.15, -0.1) is 0 Å². The number of piperidine rings is 1. The minimum Gasteiger partial charge on any atom is -0.387 e. The topological polar surface area (TPSA) is 82.2 Å². The van der Waals surface area contributed by atoms with Crippen LogP contribution in [-0.2, 0) is 17.9 Å². The van der Waals surface area contributed by atoms with E-state index >= 15 is 0 Å². The average molecular weight is 254 g/mol. The second kappa shape index (κ2) is 6.29. The molecule has 102 valence electrons. The van der Waals surface area contributed by atoms with Crippen LogP contribution >= 0.6 is 0 Å². The molecule has 0 spiro atoms. The first kappa shape index (κ1) is 13.5. The van der Waals surface area contributed by atoms with Crippen LogP contribution in [0.3, 0.4) is 0 Å². The summed E-state index contributed by atoms with van der Waals surface area (Å²) < 4.78 is 5.02. The maximum absolute atomic E-state index is 10.3. The first-order valence-corrected chi connectivity index (χ1v) is 6.38. The Morgan fingerprint density at radius 3 is 3.22 bits per heavy atom. The molecule has 1 saturated heterocycles. The Labute approximate surface area is 107 Å². The molecule has 6 heteroatoms. The van der Waals surface area contributed by atoms with Crippen molar-refractivity contribution >= 4 is 0 Å². The maximum atomic E-state index is 10.3. The first-order chi connectivity index (χ1) is 8.72. The normalized spacial score (nSPS) is 24.3. The van der Waals surface area contributed by atoms with E-state index in [4.69, 9.17) is 4.74 Å². The highest BCUT2D eigenvalue weighted by atomic mass is 16.5. The molecule has 0 aliphatic carbocycles. The highest BCUT2D eigenvalue weighted by molar-refractivity contribution is 5.07. The Bertz CT molecular complexity index is 361. The van der Waals surface area contributed by atoms with Gasteiger partial charge in [-0.1, -0.05) is 0 Å². The first-order valence-electron chi connectivity index (χ1n) is 6.38. The zero-order valence-corrected chi connectivity index (χ0v) is 10.8. The molecule has 0 bridgehead atoms. The zero-order valence-electron chi connectivity index (χ0n) is 10.8. The number of H-pyrrole nitrogens is 1. The van der Waals surface area contributed by atoms with Crippen LogP contribution in [0.25, 0.3) is 0 Å². The van der Waals surface area contributed by atoms with Crippen molar-refractivity contribution in [1.82, 2.24) is 20.8 Å². The fraction of sp³-hybridized carbons (Fsp3) is 0.750. The largest absolute Gasteiger partial charge is 0.387 e. The lowest BCUT2D eigenvalue weighted by molar-refractivity contribution is 0.0168. The number of hydrogen-bond donors (Lipinski definition) is 4. The van der Waals surface area contributed by atoms with E-state index in [2.05, 4.69) is 20.8 Å². The molecule has 0 saturated carbocycles. The average Bonchev–Trinajstić information content (AvgIpc) is 2.78. The third-order valence-corrected chi connectivity index (χ3v) is 3.19. The molecule has 0 aromatic carbocycles. The van der Waals surface area contributed by atoms with Gasteiger partial charge in [-0.3, -0.25) is 5.10 Å². The van der Waals surface area contributed by atoms with Gasteiger partial charge in [-0.05, 0) is 25.5 Å². The van der Waals surface area contributed by atoms with Crippen LogP contribution in [0.2, 0.25) is 0 Å². The number of nitrogens with one attached hydrogen (secondary N) is 3.